The highest BCUT2D eigenvalue weighted by molar-refractivity contribution is 6.05. The fourth-order valence-electron chi connectivity index (χ4n) is 6.76. The number of nitrogens with zero attached hydrogens (tertiary/aromatic N) is 2. The third-order valence-electron chi connectivity index (χ3n) is 9.25. The number of fused-ring (bicyclic) bond motifs is 1. The van der Waals surface area contributed by atoms with Crippen molar-refractivity contribution in [3.05, 3.63) is 162 Å². The molecule has 6 aromatic rings. The summed E-state index contributed by atoms with van der Waals surface area (Å²) in [7, 11) is 0. The first kappa shape index (κ1) is 29.9. The van der Waals surface area contributed by atoms with Crippen LogP contribution in [0.5, 0.6) is 0 Å². The molecule has 0 spiro atoms. The summed E-state index contributed by atoms with van der Waals surface area (Å²) in [5, 5.41) is 7.08. The molecule has 8 rings (SSSR count). The van der Waals surface area contributed by atoms with Gasteiger partial charge < -0.3 is 32.7 Å². The molecule has 2 heterocycles. The Balaban J connectivity index is 1.09. The number of nitrogen functional groups attached to an aromatic ring is 3. The van der Waals surface area contributed by atoms with Crippen LogP contribution in [0.2, 0.25) is 0 Å². The molecule has 0 aromatic heterocycles. The van der Waals surface area contributed by atoms with Crippen LogP contribution in [-0.2, 0) is 0 Å². The summed E-state index contributed by atoms with van der Waals surface area (Å²) in [6.45, 7) is 2.14. The van der Waals surface area contributed by atoms with E-state index in [1.807, 2.05) is 48.5 Å². The first-order valence-electron chi connectivity index (χ1n) is 16.4. The van der Waals surface area contributed by atoms with Gasteiger partial charge in [-0.3, -0.25) is 4.99 Å². The van der Waals surface area contributed by atoms with Crippen molar-refractivity contribution in [2.75, 3.05) is 27.4 Å². The summed E-state index contributed by atoms with van der Waals surface area (Å²) in [5.41, 5.74) is 32.6. The summed E-state index contributed by atoms with van der Waals surface area (Å²) in [6, 6.07) is 47.3. The van der Waals surface area contributed by atoms with Gasteiger partial charge in [-0.2, -0.15) is 0 Å². The molecule has 0 saturated heterocycles. The number of rotatable bonds is 6. The summed E-state index contributed by atoms with van der Waals surface area (Å²) >= 11 is 0. The highest BCUT2D eigenvalue weighted by Crippen LogP contribution is 2.42. The van der Waals surface area contributed by atoms with E-state index in [2.05, 4.69) is 120 Å². The minimum absolute atomic E-state index is 0.0970. The number of hydrogen-bond acceptors (Lipinski definition) is 7. The molecule has 0 fully saturated rings. The topological polar surface area (TPSA) is 118 Å². The van der Waals surface area contributed by atoms with Gasteiger partial charge in [0.05, 0.1) is 17.4 Å². The monoisotopic (exact) mass is 639 g/mol. The van der Waals surface area contributed by atoms with Gasteiger partial charge in [-0.15, -0.1) is 0 Å². The smallest absolute Gasteiger partial charge is 0.133 e. The van der Waals surface area contributed by atoms with Crippen molar-refractivity contribution in [2.45, 2.75) is 19.1 Å². The molecule has 0 saturated carbocycles. The average Bonchev–Trinajstić information content (AvgIpc) is 3.47. The molecule has 0 aliphatic carbocycles. The Morgan fingerprint density at radius 1 is 0.612 bits per heavy atom. The van der Waals surface area contributed by atoms with Crippen molar-refractivity contribution in [3.8, 4) is 22.3 Å². The van der Waals surface area contributed by atoms with Crippen LogP contribution in [0.1, 0.15) is 29.7 Å². The molecular formula is C42H37N7. The zero-order chi connectivity index (χ0) is 33.5. The predicted octanol–water partition coefficient (Wildman–Crippen LogP) is 8.81. The van der Waals surface area contributed by atoms with Gasteiger partial charge in [0.2, 0.25) is 0 Å². The van der Waals surface area contributed by atoms with E-state index >= 15 is 0 Å². The van der Waals surface area contributed by atoms with Crippen molar-refractivity contribution >= 4 is 45.7 Å². The molecule has 0 bridgehead atoms. The average molecular weight is 640 g/mol. The van der Waals surface area contributed by atoms with Gasteiger partial charge in [0.15, 0.2) is 0 Å². The minimum Gasteiger partial charge on any atom is -0.399 e. The maximum Gasteiger partial charge on any atom is 0.133 e. The molecule has 0 amide bonds. The maximum absolute atomic E-state index is 6.58. The second-order valence-corrected chi connectivity index (χ2v) is 12.5. The maximum atomic E-state index is 6.58. The fraction of sp³-hybridized carbons (Fsp3) is 0.0714. The molecule has 0 radical (unpaired) electrons. The lowest BCUT2D eigenvalue weighted by Crippen LogP contribution is -2.28. The molecule has 2 aliphatic rings. The number of benzene rings is 6. The van der Waals surface area contributed by atoms with Crippen molar-refractivity contribution in [3.63, 3.8) is 0 Å². The second kappa shape index (κ2) is 12.3. The summed E-state index contributed by atoms with van der Waals surface area (Å²) in [5.74, 6) is 0.846. The second-order valence-electron chi connectivity index (χ2n) is 12.5. The van der Waals surface area contributed by atoms with E-state index in [0.717, 1.165) is 73.2 Å². The first-order chi connectivity index (χ1) is 23.9. The van der Waals surface area contributed by atoms with E-state index in [0.29, 0.717) is 11.4 Å². The van der Waals surface area contributed by atoms with Crippen LogP contribution >= 0.6 is 0 Å². The van der Waals surface area contributed by atoms with Crippen LogP contribution in [0.4, 0.5) is 34.1 Å². The van der Waals surface area contributed by atoms with Crippen molar-refractivity contribution in [2.24, 2.45) is 4.99 Å². The van der Waals surface area contributed by atoms with E-state index in [1.54, 1.807) is 0 Å². The van der Waals surface area contributed by atoms with Crippen LogP contribution < -0.4 is 32.7 Å². The number of nitrogens with one attached hydrogen (secondary N) is 2. The highest BCUT2D eigenvalue weighted by atomic mass is 15.3. The Kier molecular flexibility index (Phi) is 7.49. The van der Waals surface area contributed by atoms with E-state index < -0.39 is 0 Å². The molecule has 2 atom stereocenters. The predicted molar refractivity (Wildman–Crippen MR) is 205 cm³/mol. The standard InChI is InChI=1S/C42H37N7/c1-26-46-38-21-18-32(43)22-41(38)49(26)33-19-16-28(17-20-33)35-23-34(36(44)24-37(35)45)27-12-14-30(15-13-27)40-25-39(29-8-4-2-5-9-29)47-42(48-40)31-10-6-3-7-11-31/h2-26,40,46H,43-45H2,1H3,(H,47,48). The zero-order valence-electron chi connectivity index (χ0n) is 27.1. The first-order valence-corrected chi connectivity index (χ1v) is 16.4. The molecule has 8 N–H and O–H groups in total. The van der Waals surface area contributed by atoms with Gasteiger partial charge in [0, 0.05) is 45.1 Å². The van der Waals surface area contributed by atoms with Crippen molar-refractivity contribution < 1.29 is 0 Å². The summed E-state index contributed by atoms with van der Waals surface area (Å²) in [6.07, 6.45) is 2.28. The van der Waals surface area contributed by atoms with Gasteiger partial charge in [0.1, 0.15) is 12.0 Å². The number of anilines is 6. The molecule has 7 nitrogen and oxygen atoms in total. The van der Waals surface area contributed by atoms with Gasteiger partial charge >= 0.3 is 0 Å². The SMILES string of the molecule is CC1Nc2ccc(N)cc2N1c1ccc(-c2cc(-c3ccc(C4C=C(c5ccccc5)NC(c5ccccc5)=N4)cc3)c(N)cc2N)cc1. The summed E-state index contributed by atoms with van der Waals surface area (Å²) in [4.78, 5) is 7.37. The van der Waals surface area contributed by atoms with Gasteiger partial charge in [-0.1, -0.05) is 97.1 Å². The third kappa shape index (κ3) is 5.72. The molecule has 2 unspecified atom stereocenters. The van der Waals surface area contributed by atoms with Gasteiger partial charge in [-0.25, -0.2) is 0 Å². The Morgan fingerprint density at radius 2 is 1.22 bits per heavy atom. The molecule has 2 aliphatic heterocycles. The Bertz CT molecular complexity index is 2150. The zero-order valence-corrected chi connectivity index (χ0v) is 27.1. The third-order valence-corrected chi connectivity index (χ3v) is 9.25. The van der Waals surface area contributed by atoms with E-state index in [1.165, 1.54) is 0 Å². The van der Waals surface area contributed by atoms with Crippen LogP contribution in [0.25, 0.3) is 28.0 Å². The molecular weight excluding hydrogens is 603 g/mol. The molecule has 240 valence electrons. The largest absolute Gasteiger partial charge is 0.399 e. The van der Waals surface area contributed by atoms with Gasteiger partial charge in [-0.05, 0) is 77.7 Å². The fourth-order valence-corrected chi connectivity index (χ4v) is 6.76. The van der Waals surface area contributed by atoms with E-state index in [4.69, 9.17) is 22.2 Å². The van der Waals surface area contributed by atoms with E-state index in [-0.39, 0.29) is 12.2 Å². The quantitative estimate of drug-likeness (QED) is 0.116. The molecule has 6 aromatic carbocycles. The molecule has 49 heavy (non-hydrogen) atoms. The molecule has 7 heteroatoms. The lowest BCUT2D eigenvalue weighted by Gasteiger charge is -2.24. The lowest BCUT2D eigenvalue weighted by molar-refractivity contribution is 0.843. The van der Waals surface area contributed by atoms with Crippen molar-refractivity contribution in [1.82, 2.24) is 5.32 Å². The number of nitrogens with two attached hydrogens (primary N) is 3. The normalized spacial score (nSPS) is 16.6. The number of aliphatic imine (C=N–C) groups is 1. The summed E-state index contributed by atoms with van der Waals surface area (Å²) < 4.78 is 0. The minimum atomic E-state index is -0.157. The van der Waals surface area contributed by atoms with Gasteiger partial charge in [0.25, 0.3) is 0 Å². The Hall–Kier alpha value is -6.47. The van der Waals surface area contributed by atoms with Crippen LogP contribution in [-0.4, -0.2) is 12.0 Å². The number of hydrogen-bond donors (Lipinski definition) is 5. The Morgan fingerprint density at radius 3 is 1.88 bits per heavy atom. The highest BCUT2D eigenvalue weighted by Gasteiger charge is 2.27. The van der Waals surface area contributed by atoms with E-state index in [9.17, 15) is 0 Å². The van der Waals surface area contributed by atoms with Crippen LogP contribution in [0.15, 0.2) is 151 Å². The Labute approximate surface area is 286 Å². The van der Waals surface area contributed by atoms with Crippen LogP contribution in [0, 0.1) is 0 Å². The lowest BCUT2D eigenvalue weighted by atomic mass is 9.94. The van der Waals surface area contributed by atoms with Crippen LogP contribution in [0.3, 0.4) is 0 Å². The van der Waals surface area contributed by atoms with Crippen molar-refractivity contribution in [1.29, 1.82) is 0 Å². The number of amidine groups is 1.